The van der Waals surface area contributed by atoms with Crippen LogP contribution in [0.25, 0.3) is 78.3 Å². The summed E-state index contributed by atoms with van der Waals surface area (Å²) in [6.07, 6.45) is 0. The molecule has 59 heavy (non-hydrogen) atoms. The molecule has 0 fully saturated rings. The Bertz CT molecular complexity index is 3110. The van der Waals surface area contributed by atoms with E-state index in [1.807, 2.05) is 6.07 Å². The third kappa shape index (κ3) is 5.92. The van der Waals surface area contributed by atoms with Crippen LogP contribution >= 0.6 is 0 Å². The molecule has 276 valence electrons. The minimum Gasteiger partial charge on any atom is -0.208 e. The zero-order chi connectivity index (χ0) is 39.2. The van der Waals surface area contributed by atoms with Gasteiger partial charge in [0.25, 0.3) is 0 Å². The first-order chi connectivity index (χ1) is 29.2. The van der Waals surface area contributed by atoms with Crippen molar-refractivity contribution in [3.63, 3.8) is 0 Å². The van der Waals surface area contributed by atoms with Gasteiger partial charge >= 0.3 is 0 Å². The minimum atomic E-state index is -2.72. The molecule has 2 heterocycles. The highest BCUT2D eigenvalue weighted by Gasteiger charge is 2.49. The number of hydrogen-bond acceptors (Lipinski definition) is 3. The molecule has 0 aliphatic carbocycles. The highest BCUT2D eigenvalue weighted by molar-refractivity contribution is 7.22. The second kappa shape index (κ2) is 14.4. The standard InChI is InChI=1S/C55H37N3Si/c1-4-16-38(17-5-1)43-20-14-21-45(37-43)54-56-53(41-33-30-40(31-34-41)44-35-32-39-18-10-11-19-42(39)36-44)57-55(58-54)49-27-15-29-51-52(49)48-26-12-13-28-50(48)59(51,46-22-6-2-7-23-46)47-24-8-3-9-25-47/h1-37H. The maximum absolute atomic E-state index is 5.37. The molecule has 4 heteroatoms. The summed E-state index contributed by atoms with van der Waals surface area (Å²) in [6.45, 7) is 0. The lowest BCUT2D eigenvalue weighted by Crippen LogP contribution is -2.72. The highest BCUT2D eigenvalue weighted by Crippen LogP contribution is 2.37. The van der Waals surface area contributed by atoms with E-state index >= 15 is 0 Å². The molecule has 0 spiro atoms. The number of nitrogens with zero attached hydrogens (tertiary/aromatic N) is 3. The fraction of sp³-hybridized carbons (Fsp3) is 0. The van der Waals surface area contributed by atoms with Gasteiger partial charge < -0.3 is 0 Å². The molecule has 0 atom stereocenters. The van der Waals surface area contributed by atoms with Crippen LogP contribution in [0.15, 0.2) is 224 Å². The maximum atomic E-state index is 5.37. The predicted molar refractivity (Wildman–Crippen MR) is 247 cm³/mol. The fourth-order valence-electron chi connectivity index (χ4n) is 9.08. The summed E-state index contributed by atoms with van der Waals surface area (Å²) in [6, 6.07) is 80.7. The fourth-order valence-corrected chi connectivity index (χ4v) is 14.3. The van der Waals surface area contributed by atoms with Crippen molar-refractivity contribution in [2.75, 3.05) is 0 Å². The van der Waals surface area contributed by atoms with Gasteiger partial charge in [0.2, 0.25) is 0 Å². The number of rotatable bonds is 7. The van der Waals surface area contributed by atoms with Gasteiger partial charge in [0.1, 0.15) is 0 Å². The van der Waals surface area contributed by atoms with Crippen LogP contribution < -0.4 is 20.7 Å². The molecule has 1 aromatic heterocycles. The summed E-state index contributed by atoms with van der Waals surface area (Å²) in [5.74, 6) is 1.94. The SMILES string of the molecule is c1ccc(-c2cccc(-c3nc(-c4ccc(-c5ccc6ccccc6c5)cc4)nc(-c4cccc5c4-c4ccccc4[Si]5(c4ccccc4)c4ccccc4)n3)c2)cc1. The topological polar surface area (TPSA) is 38.7 Å². The quantitative estimate of drug-likeness (QED) is 0.152. The van der Waals surface area contributed by atoms with Crippen LogP contribution in [0.3, 0.4) is 0 Å². The zero-order valence-electron chi connectivity index (χ0n) is 32.2. The summed E-state index contributed by atoms with van der Waals surface area (Å²) < 4.78 is 0. The predicted octanol–water partition coefficient (Wildman–Crippen LogP) is 10.7. The highest BCUT2D eigenvalue weighted by atomic mass is 28.3. The molecule has 0 saturated heterocycles. The third-order valence-corrected chi connectivity index (χ3v) is 16.7. The van der Waals surface area contributed by atoms with Crippen molar-refractivity contribution in [3.8, 4) is 67.5 Å². The Morgan fingerprint density at radius 1 is 0.271 bits per heavy atom. The lowest BCUT2D eigenvalue weighted by atomic mass is 9.98. The number of fused-ring (bicyclic) bond motifs is 4. The molecular formula is C55H37N3Si. The van der Waals surface area contributed by atoms with E-state index in [1.165, 1.54) is 48.2 Å². The molecule has 0 unspecified atom stereocenters. The second-order valence-electron chi connectivity index (χ2n) is 15.1. The summed E-state index contributed by atoms with van der Waals surface area (Å²) in [5.41, 5.74) is 9.91. The molecule has 1 aliphatic heterocycles. The van der Waals surface area contributed by atoms with E-state index in [4.69, 9.17) is 15.0 Å². The average Bonchev–Trinajstić information content (AvgIpc) is 3.63. The van der Waals surface area contributed by atoms with E-state index in [1.54, 1.807) is 0 Å². The van der Waals surface area contributed by atoms with Crippen LogP contribution in [0, 0.1) is 0 Å². The van der Waals surface area contributed by atoms with E-state index in [-0.39, 0.29) is 0 Å². The maximum Gasteiger partial charge on any atom is 0.180 e. The van der Waals surface area contributed by atoms with Crippen LogP contribution in [-0.4, -0.2) is 23.0 Å². The lowest BCUT2D eigenvalue weighted by molar-refractivity contribution is 1.07. The molecule has 3 nitrogen and oxygen atoms in total. The summed E-state index contributed by atoms with van der Waals surface area (Å²) in [4.78, 5) is 16.0. The molecule has 0 amide bonds. The monoisotopic (exact) mass is 767 g/mol. The van der Waals surface area contributed by atoms with Gasteiger partial charge in [-0.2, -0.15) is 0 Å². The van der Waals surface area contributed by atoms with Crippen LogP contribution in [0.1, 0.15) is 0 Å². The first-order valence-corrected chi connectivity index (χ1v) is 22.1. The smallest absolute Gasteiger partial charge is 0.180 e. The van der Waals surface area contributed by atoms with Crippen molar-refractivity contribution >= 4 is 39.6 Å². The molecule has 0 saturated carbocycles. The van der Waals surface area contributed by atoms with Crippen molar-refractivity contribution in [1.29, 1.82) is 0 Å². The van der Waals surface area contributed by atoms with Gasteiger partial charge in [-0.05, 0) is 77.0 Å². The number of hydrogen-bond donors (Lipinski definition) is 0. The summed E-state index contributed by atoms with van der Waals surface area (Å²) >= 11 is 0. The van der Waals surface area contributed by atoms with E-state index in [2.05, 4.69) is 218 Å². The first kappa shape index (κ1) is 34.7. The Hall–Kier alpha value is -7.53. The largest absolute Gasteiger partial charge is 0.208 e. The van der Waals surface area contributed by atoms with Gasteiger partial charge in [0, 0.05) is 16.7 Å². The molecule has 11 rings (SSSR count). The van der Waals surface area contributed by atoms with Crippen LogP contribution in [0.4, 0.5) is 0 Å². The summed E-state index contributed by atoms with van der Waals surface area (Å²) in [7, 11) is -2.72. The minimum absolute atomic E-state index is 0.638. The Balaban J connectivity index is 1.12. The van der Waals surface area contributed by atoms with E-state index < -0.39 is 8.07 Å². The molecule has 0 radical (unpaired) electrons. The normalized spacial score (nSPS) is 12.5. The van der Waals surface area contributed by atoms with Crippen molar-refractivity contribution in [3.05, 3.63) is 224 Å². The van der Waals surface area contributed by atoms with Crippen LogP contribution in [0.5, 0.6) is 0 Å². The molecule has 1 aliphatic rings. The Kier molecular flexibility index (Phi) is 8.49. The third-order valence-electron chi connectivity index (χ3n) is 11.8. The molecule has 0 N–H and O–H groups in total. The van der Waals surface area contributed by atoms with E-state index in [9.17, 15) is 0 Å². The van der Waals surface area contributed by atoms with Crippen LogP contribution in [-0.2, 0) is 0 Å². The van der Waals surface area contributed by atoms with Gasteiger partial charge in [-0.3, -0.25) is 0 Å². The zero-order valence-corrected chi connectivity index (χ0v) is 33.2. The van der Waals surface area contributed by atoms with Crippen molar-refractivity contribution < 1.29 is 0 Å². The lowest BCUT2D eigenvalue weighted by Gasteiger charge is -2.31. The first-order valence-electron chi connectivity index (χ1n) is 20.1. The van der Waals surface area contributed by atoms with Gasteiger partial charge in [-0.25, -0.2) is 15.0 Å². The Labute approximate surface area is 345 Å². The van der Waals surface area contributed by atoms with Crippen LogP contribution in [0.2, 0.25) is 0 Å². The molecule has 0 bridgehead atoms. The Morgan fingerprint density at radius 3 is 1.49 bits per heavy atom. The van der Waals surface area contributed by atoms with Crippen molar-refractivity contribution in [2.45, 2.75) is 0 Å². The van der Waals surface area contributed by atoms with Crippen molar-refractivity contribution in [2.24, 2.45) is 0 Å². The van der Waals surface area contributed by atoms with Gasteiger partial charge in [0.15, 0.2) is 25.5 Å². The van der Waals surface area contributed by atoms with Gasteiger partial charge in [-0.1, -0.05) is 212 Å². The Morgan fingerprint density at radius 2 is 0.746 bits per heavy atom. The average molecular weight is 768 g/mol. The molecular weight excluding hydrogens is 731 g/mol. The number of aromatic nitrogens is 3. The van der Waals surface area contributed by atoms with Gasteiger partial charge in [-0.15, -0.1) is 0 Å². The molecule has 10 aromatic rings. The summed E-state index contributed by atoms with van der Waals surface area (Å²) in [5, 5.41) is 7.91. The van der Waals surface area contributed by atoms with E-state index in [0.717, 1.165) is 33.4 Å². The molecule has 9 aromatic carbocycles. The van der Waals surface area contributed by atoms with Crippen molar-refractivity contribution in [1.82, 2.24) is 15.0 Å². The second-order valence-corrected chi connectivity index (χ2v) is 18.9. The number of benzene rings is 9. The van der Waals surface area contributed by atoms with Gasteiger partial charge in [0.05, 0.1) is 0 Å². The van der Waals surface area contributed by atoms with E-state index in [0.29, 0.717) is 17.5 Å².